The molecular formula is C16H21NO4. The molecule has 1 aliphatic carbocycles. The SMILES string of the molecule is Cc1ccc(C)c(OCC(=O)N(CCC(=O)O)C2CC2)c1. The fraction of sp³-hybridized carbons (Fsp3) is 0.500. The maximum Gasteiger partial charge on any atom is 0.305 e. The van der Waals surface area contributed by atoms with Gasteiger partial charge in [-0.05, 0) is 43.9 Å². The topological polar surface area (TPSA) is 66.8 Å². The van der Waals surface area contributed by atoms with Crippen LogP contribution in [0, 0.1) is 13.8 Å². The van der Waals surface area contributed by atoms with Crippen molar-refractivity contribution in [1.82, 2.24) is 4.90 Å². The lowest BCUT2D eigenvalue weighted by atomic mass is 10.1. The third-order valence-corrected chi connectivity index (χ3v) is 3.57. The number of carbonyl (C=O) groups excluding carboxylic acids is 1. The van der Waals surface area contributed by atoms with Gasteiger partial charge in [0.15, 0.2) is 6.61 Å². The number of aryl methyl sites for hydroxylation is 2. The summed E-state index contributed by atoms with van der Waals surface area (Å²) in [6.45, 7) is 4.12. The minimum Gasteiger partial charge on any atom is -0.483 e. The Morgan fingerprint density at radius 2 is 2.05 bits per heavy atom. The zero-order valence-corrected chi connectivity index (χ0v) is 12.5. The molecule has 5 heteroatoms. The van der Waals surface area contributed by atoms with Crippen molar-refractivity contribution in [1.29, 1.82) is 0 Å². The van der Waals surface area contributed by atoms with E-state index in [2.05, 4.69) is 0 Å². The molecule has 2 rings (SSSR count). The summed E-state index contributed by atoms with van der Waals surface area (Å²) >= 11 is 0. The van der Waals surface area contributed by atoms with Gasteiger partial charge in [0.2, 0.25) is 0 Å². The van der Waals surface area contributed by atoms with Gasteiger partial charge in [0.25, 0.3) is 5.91 Å². The summed E-state index contributed by atoms with van der Waals surface area (Å²) in [6.07, 6.45) is 1.88. The Balaban J connectivity index is 1.92. The molecule has 1 saturated carbocycles. The van der Waals surface area contributed by atoms with Gasteiger partial charge in [-0.1, -0.05) is 12.1 Å². The predicted molar refractivity (Wildman–Crippen MR) is 78.4 cm³/mol. The average Bonchev–Trinajstić information content (AvgIpc) is 3.24. The van der Waals surface area contributed by atoms with Gasteiger partial charge in [0, 0.05) is 12.6 Å². The molecule has 1 aromatic rings. The number of ether oxygens (including phenoxy) is 1. The van der Waals surface area contributed by atoms with E-state index < -0.39 is 5.97 Å². The molecule has 1 fully saturated rings. The van der Waals surface area contributed by atoms with E-state index in [0.717, 1.165) is 24.0 Å². The number of carbonyl (C=O) groups is 2. The van der Waals surface area contributed by atoms with Crippen molar-refractivity contribution in [2.24, 2.45) is 0 Å². The Labute approximate surface area is 124 Å². The monoisotopic (exact) mass is 291 g/mol. The molecule has 0 saturated heterocycles. The first-order valence-electron chi connectivity index (χ1n) is 7.18. The number of benzene rings is 1. The van der Waals surface area contributed by atoms with Crippen molar-refractivity contribution < 1.29 is 19.4 Å². The Bertz CT molecular complexity index is 537. The van der Waals surface area contributed by atoms with E-state index in [4.69, 9.17) is 9.84 Å². The third kappa shape index (κ3) is 4.48. The summed E-state index contributed by atoms with van der Waals surface area (Å²) in [5.74, 6) is -0.319. The maximum atomic E-state index is 12.2. The summed E-state index contributed by atoms with van der Waals surface area (Å²) < 4.78 is 5.61. The quantitative estimate of drug-likeness (QED) is 0.836. The second-order valence-electron chi connectivity index (χ2n) is 5.52. The van der Waals surface area contributed by atoms with Crippen molar-refractivity contribution >= 4 is 11.9 Å². The predicted octanol–water partition coefficient (Wildman–Crippen LogP) is 2.15. The Hall–Kier alpha value is -2.04. The van der Waals surface area contributed by atoms with Crippen molar-refractivity contribution in [2.75, 3.05) is 13.2 Å². The maximum absolute atomic E-state index is 12.2. The van der Waals surface area contributed by atoms with Crippen LogP contribution < -0.4 is 4.74 Å². The van der Waals surface area contributed by atoms with Gasteiger partial charge in [0.1, 0.15) is 5.75 Å². The highest BCUT2D eigenvalue weighted by molar-refractivity contribution is 5.79. The van der Waals surface area contributed by atoms with Gasteiger partial charge >= 0.3 is 5.97 Å². The van der Waals surface area contributed by atoms with Crippen molar-refractivity contribution in [3.05, 3.63) is 29.3 Å². The number of carboxylic acids is 1. The highest BCUT2D eigenvalue weighted by atomic mass is 16.5. The van der Waals surface area contributed by atoms with E-state index in [9.17, 15) is 9.59 Å². The molecule has 0 atom stereocenters. The zero-order chi connectivity index (χ0) is 15.4. The normalized spacial score (nSPS) is 13.8. The second-order valence-corrected chi connectivity index (χ2v) is 5.52. The first kappa shape index (κ1) is 15.4. The number of aliphatic carboxylic acids is 1. The van der Waals surface area contributed by atoms with Crippen LogP contribution in [-0.2, 0) is 9.59 Å². The Morgan fingerprint density at radius 1 is 1.33 bits per heavy atom. The Morgan fingerprint density at radius 3 is 2.67 bits per heavy atom. The molecule has 0 heterocycles. The number of amides is 1. The number of nitrogens with zero attached hydrogens (tertiary/aromatic N) is 1. The summed E-state index contributed by atoms with van der Waals surface area (Å²) in [4.78, 5) is 24.5. The summed E-state index contributed by atoms with van der Waals surface area (Å²) in [6, 6.07) is 6.05. The van der Waals surface area contributed by atoms with E-state index >= 15 is 0 Å². The fourth-order valence-corrected chi connectivity index (χ4v) is 2.20. The number of rotatable bonds is 7. The van der Waals surface area contributed by atoms with Crippen LogP contribution in [0.1, 0.15) is 30.4 Å². The van der Waals surface area contributed by atoms with Crippen molar-refractivity contribution in [3.63, 3.8) is 0 Å². The van der Waals surface area contributed by atoms with E-state index in [1.807, 2.05) is 32.0 Å². The molecule has 114 valence electrons. The lowest BCUT2D eigenvalue weighted by Gasteiger charge is -2.22. The first-order chi connectivity index (χ1) is 9.97. The minimum atomic E-state index is -0.885. The molecule has 0 radical (unpaired) electrons. The highest BCUT2D eigenvalue weighted by Crippen LogP contribution is 2.27. The molecule has 0 spiro atoms. The lowest BCUT2D eigenvalue weighted by Crippen LogP contribution is -2.38. The van der Waals surface area contributed by atoms with Gasteiger partial charge in [-0.3, -0.25) is 9.59 Å². The molecule has 5 nitrogen and oxygen atoms in total. The van der Waals surface area contributed by atoms with Gasteiger partial charge in [-0.25, -0.2) is 0 Å². The minimum absolute atomic E-state index is 0.0221. The molecule has 0 unspecified atom stereocenters. The van der Waals surface area contributed by atoms with Gasteiger partial charge in [-0.15, -0.1) is 0 Å². The smallest absolute Gasteiger partial charge is 0.305 e. The molecular weight excluding hydrogens is 270 g/mol. The van der Waals surface area contributed by atoms with Crippen LogP contribution in [0.4, 0.5) is 0 Å². The largest absolute Gasteiger partial charge is 0.483 e. The molecule has 1 aliphatic rings. The number of hydrogen-bond donors (Lipinski definition) is 1. The molecule has 1 N–H and O–H groups in total. The molecule has 1 amide bonds. The average molecular weight is 291 g/mol. The molecule has 0 bridgehead atoms. The van der Waals surface area contributed by atoms with E-state index in [1.165, 1.54) is 0 Å². The Kier molecular flexibility index (Phi) is 4.83. The summed E-state index contributed by atoms with van der Waals surface area (Å²) in [7, 11) is 0. The van der Waals surface area contributed by atoms with Crippen LogP contribution in [-0.4, -0.2) is 41.1 Å². The number of carboxylic acid groups (broad SMARTS) is 1. The molecule has 0 aliphatic heterocycles. The zero-order valence-electron chi connectivity index (χ0n) is 12.5. The van der Waals surface area contributed by atoms with E-state index in [1.54, 1.807) is 4.90 Å². The molecule has 21 heavy (non-hydrogen) atoms. The van der Waals surface area contributed by atoms with E-state index in [-0.39, 0.29) is 31.5 Å². The lowest BCUT2D eigenvalue weighted by molar-refractivity contribution is -0.139. The van der Waals surface area contributed by atoms with Crippen LogP contribution in [0.2, 0.25) is 0 Å². The number of hydrogen-bond acceptors (Lipinski definition) is 3. The van der Waals surface area contributed by atoms with Crippen LogP contribution in [0.5, 0.6) is 5.75 Å². The molecule has 1 aromatic carbocycles. The summed E-state index contributed by atoms with van der Waals surface area (Å²) in [5, 5.41) is 8.75. The van der Waals surface area contributed by atoms with Crippen molar-refractivity contribution in [2.45, 2.75) is 39.2 Å². The second kappa shape index (κ2) is 6.61. The van der Waals surface area contributed by atoms with Gasteiger partial charge in [-0.2, -0.15) is 0 Å². The van der Waals surface area contributed by atoms with Crippen LogP contribution in [0.25, 0.3) is 0 Å². The van der Waals surface area contributed by atoms with Crippen LogP contribution in [0.3, 0.4) is 0 Å². The van der Waals surface area contributed by atoms with Crippen LogP contribution >= 0.6 is 0 Å². The highest BCUT2D eigenvalue weighted by Gasteiger charge is 2.32. The van der Waals surface area contributed by atoms with Crippen molar-refractivity contribution in [3.8, 4) is 5.75 Å². The summed E-state index contributed by atoms with van der Waals surface area (Å²) in [5.41, 5.74) is 2.06. The van der Waals surface area contributed by atoms with Crippen LogP contribution in [0.15, 0.2) is 18.2 Å². The standard InChI is InChI=1S/C16H21NO4/c1-11-3-4-12(2)14(9-11)21-10-15(18)17(13-5-6-13)8-7-16(19)20/h3-4,9,13H,5-8,10H2,1-2H3,(H,19,20). The van der Waals surface area contributed by atoms with Gasteiger partial charge in [0.05, 0.1) is 6.42 Å². The van der Waals surface area contributed by atoms with Gasteiger partial charge < -0.3 is 14.7 Å². The molecule has 0 aromatic heterocycles. The van der Waals surface area contributed by atoms with E-state index in [0.29, 0.717) is 5.75 Å². The third-order valence-electron chi connectivity index (χ3n) is 3.57. The first-order valence-corrected chi connectivity index (χ1v) is 7.18. The fourth-order valence-electron chi connectivity index (χ4n) is 2.20.